The summed E-state index contributed by atoms with van der Waals surface area (Å²) in [5.41, 5.74) is 2.25. The van der Waals surface area contributed by atoms with Gasteiger partial charge < -0.3 is 10.4 Å². The molecule has 1 fully saturated rings. The molecule has 0 saturated heterocycles. The van der Waals surface area contributed by atoms with Gasteiger partial charge in [0, 0.05) is 11.7 Å². The number of halogens is 2. The van der Waals surface area contributed by atoms with E-state index in [2.05, 4.69) is 29.6 Å². The van der Waals surface area contributed by atoms with Crippen LogP contribution in [-0.4, -0.2) is 11.1 Å². The Balaban J connectivity index is 1.62. The fraction of sp³-hybridized carbons (Fsp3) is 0.250. The summed E-state index contributed by atoms with van der Waals surface area (Å²) in [6.07, 6.45) is 2.19. The Morgan fingerprint density at radius 1 is 1.00 bits per heavy atom. The van der Waals surface area contributed by atoms with Crippen molar-refractivity contribution >= 4 is 28.9 Å². The lowest BCUT2D eigenvalue weighted by Gasteiger charge is -2.37. The normalized spacial score (nSPS) is 21.3. The molecule has 1 aliphatic rings. The highest BCUT2D eigenvalue weighted by molar-refractivity contribution is 6.37. The van der Waals surface area contributed by atoms with Crippen molar-refractivity contribution < 1.29 is 5.11 Å². The number of anilines is 1. The number of benzene rings is 2. The second kappa shape index (κ2) is 5.55. The molecule has 1 aliphatic carbocycles. The monoisotopic (exact) mass is 307 g/mol. The van der Waals surface area contributed by atoms with Crippen molar-refractivity contribution in [2.75, 3.05) is 5.32 Å². The predicted octanol–water partition coefficient (Wildman–Crippen LogP) is 5.06. The van der Waals surface area contributed by atoms with Crippen LogP contribution in [0.4, 0.5) is 5.69 Å². The molecular weight excluding hydrogens is 293 g/mol. The van der Waals surface area contributed by atoms with Crippen molar-refractivity contribution in [1.29, 1.82) is 0 Å². The lowest BCUT2D eigenvalue weighted by molar-refractivity contribution is 0.374. The van der Waals surface area contributed by atoms with Crippen molar-refractivity contribution in [2.45, 2.75) is 24.8 Å². The first-order chi connectivity index (χ1) is 9.63. The molecule has 0 radical (unpaired) electrons. The number of phenolic OH excluding ortho intramolecular Hbond substituents is 1. The maximum absolute atomic E-state index is 9.54. The Hall–Kier alpha value is -1.38. The first-order valence-corrected chi connectivity index (χ1v) is 7.38. The minimum absolute atomic E-state index is 0.0605. The van der Waals surface area contributed by atoms with Crippen LogP contribution >= 0.6 is 23.2 Å². The van der Waals surface area contributed by atoms with Crippen LogP contribution in [0.25, 0.3) is 0 Å². The lowest BCUT2D eigenvalue weighted by Crippen LogP contribution is -2.33. The van der Waals surface area contributed by atoms with Crippen LogP contribution in [0.1, 0.15) is 24.3 Å². The molecule has 0 unspecified atom stereocenters. The number of phenols is 1. The number of hydrogen-bond donors (Lipinski definition) is 2. The lowest BCUT2D eigenvalue weighted by atomic mass is 9.76. The molecule has 0 amide bonds. The predicted molar refractivity (Wildman–Crippen MR) is 84.0 cm³/mol. The number of nitrogens with one attached hydrogen (secondary N) is 1. The van der Waals surface area contributed by atoms with Gasteiger partial charge in [0.15, 0.2) is 5.75 Å². The summed E-state index contributed by atoms with van der Waals surface area (Å²) >= 11 is 11.8. The van der Waals surface area contributed by atoms with Gasteiger partial charge in [0.1, 0.15) is 0 Å². The quantitative estimate of drug-likeness (QED) is 0.777. The van der Waals surface area contributed by atoms with Gasteiger partial charge in [-0.05, 0) is 36.5 Å². The third-order valence-corrected chi connectivity index (χ3v) is 4.37. The van der Waals surface area contributed by atoms with Crippen molar-refractivity contribution in [1.82, 2.24) is 0 Å². The van der Waals surface area contributed by atoms with E-state index in [1.54, 1.807) is 12.1 Å². The van der Waals surface area contributed by atoms with Crippen LogP contribution < -0.4 is 5.32 Å². The molecular formula is C16H15Cl2NO. The molecule has 0 atom stereocenters. The summed E-state index contributed by atoms with van der Waals surface area (Å²) < 4.78 is 0. The molecule has 20 heavy (non-hydrogen) atoms. The number of aromatic hydroxyl groups is 1. The molecule has 104 valence electrons. The summed E-state index contributed by atoms with van der Waals surface area (Å²) in [6.45, 7) is 0. The van der Waals surface area contributed by atoms with Gasteiger partial charge in [-0.2, -0.15) is 0 Å². The molecule has 3 rings (SSSR count). The zero-order chi connectivity index (χ0) is 14.1. The van der Waals surface area contributed by atoms with Crippen LogP contribution in [0.3, 0.4) is 0 Å². The smallest absolute Gasteiger partial charge is 0.152 e. The average Bonchev–Trinajstić information content (AvgIpc) is 2.40. The zero-order valence-electron chi connectivity index (χ0n) is 10.8. The second-order valence-electron chi connectivity index (χ2n) is 5.21. The van der Waals surface area contributed by atoms with Gasteiger partial charge in [-0.3, -0.25) is 0 Å². The molecule has 2 aromatic carbocycles. The minimum Gasteiger partial charge on any atom is -0.505 e. The van der Waals surface area contributed by atoms with Crippen LogP contribution in [-0.2, 0) is 0 Å². The van der Waals surface area contributed by atoms with Crippen molar-refractivity contribution in [3.8, 4) is 5.75 Å². The molecule has 0 aromatic heterocycles. The van der Waals surface area contributed by atoms with E-state index in [4.69, 9.17) is 23.2 Å². The Morgan fingerprint density at radius 2 is 1.60 bits per heavy atom. The van der Waals surface area contributed by atoms with Crippen molar-refractivity contribution in [2.24, 2.45) is 0 Å². The SMILES string of the molecule is Oc1c(Cl)cc(NC2CC(c3ccccc3)C2)cc1Cl. The summed E-state index contributed by atoms with van der Waals surface area (Å²) in [5.74, 6) is 0.561. The number of rotatable bonds is 3. The molecule has 0 spiro atoms. The van der Waals surface area contributed by atoms with E-state index < -0.39 is 0 Å². The van der Waals surface area contributed by atoms with E-state index in [1.165, 1.54) is 5.56 Å². The van der Waals surface area contributed by atoms with Gasteiger partial charge in [-0.15, -0.1) is 0 Å². The molecule has 4 heteroatoms. The third-order valence-electron chi connectivity index (χ3n) is 3.80. The Morgan fingerprint density at radius 3 is 2.20 bits per heavy atom. The van der Waals surface area contributed by atoms with Gasteiger partial charge in [0.2, 0.25) is 0 Å². The van der Waals surface area contributed by atoms with Crippen molar-refractivity contribution in [3.05, 3.63) is 58.1 Å². The van der Waals surface area contributed by atoms with E-state index in [9.17, 15) is 5.11 Å². The molecule has 0 bridgehead atoms. The Kier molecular flexibility index (Phi) is 3.77. The minimum atomic E-state index is -0.0605. The highest BCUT2D eigenvalue weighted by Gasteiger charge is 2.30. The number of hydrogen-bond acceptors (Lipinski definition) is 2. The van der Waals surface area contributed by atoms with Gasteiger partial charge in [0.05, 0.1) is 10.0 Å². The Bertz CT molecular complexity index is 586. The first-order valence-electron chi connectivity index (χ1n) is 6.63. The first kappa shape index (κ1) is 13.6. The standard InChI is InChI=1S/C16H15Cl2NO/c17-14-8-13(9-15(18)16(14)20)19-12-6-11(7-12)10-4-2-1-3-5-10/h1-5,8-9,11-12,19-20H,6-7H2. The fourth-order valence-corrected chi connectivity index (χ4v) is 3.10. The zero-order valence-corrected chi connectivity index (χ0v) is 12.3. The highest BCUT2D eigenvalue weighted by atomic mass is 35.5. The largest absolute Gasteiger partial charge is 0.505 e. The van der Waals surface area contributed by atoms with E-state index in [1.807, 2.05) is 6.07 Å². The highest BCUT2D eigenvalue weighted by Crippen LogP contribution is 2.40. The van der Waals surface area contributed by atoms with Gasteiger partial charge in [-0.25, -0.2) is 0 Å². The van der Waals surface area contributed by atoms with E-state index >= 15 is 0 Å². The molecule has 0 heterocycles. The molecule has 2 N–H and O–H groups in total. The molecule has 2 nitrogen and oxygen atoms in total. The van der Waals surface area contributed by atoms with Crippen LogP contribution in [0, 0.1) is 0 Å². The van der Waals surface area contributed by atoms with Gasteiger partial charge >= 0.3 is 0 Å². The van der Waals surface area contributed by atoms with Crippen LogP contribution in [0.5, 0.6) is 5.75 Å². The van der Waals surface area contributed by atoms with Crippen molar-refractivity contribution in [3.63, 3.8) is 0 Å². The fourth-order valence-electron chi connectivity index (χ4n) is 2.62. The average molecular weight is 308 g/mol. The third kappa shape index (κ3) is 2.72. The molecule has 2 aromatic rings. The summed E-state index contributed by atoms with van der Waals surface area (Å²) in [7, 11) is 0. The van der Waals surface area contributed by atoms with E-state index in [0.29, 0.717) is 12.0 Å². The second-order valence-corrected chi connectivity index (χ2v) is 6.02. The molecule has 0 aliphatic heterocycles. The maximum atomic E-state index is 9.54. The van der Waals surface area contributed by atoms with Crippen LogP contribution in [0.2, 0.25) is 10.0 Å². The van der Waals surface area contributed by atoms with Crippen LogP contribution in [0.15, 0.2) is 42.5 Å². The van der Waals surface area contributed by atoms with Gasteiger partial charge in [0.25, 0.3) is 0 Å². The molecule has 1 saturated carbocycles. The van der Waals surface area contributed by atoms with E-state index in [-0.39, 0.29) is 15.8 Å². The summed E-state index contributed by atoms with van der Waals surface area (Å²) in [4.78, 5) is 0. The summed E-state index contributed by atoms with van der Waals surface area (Å²) in [6, 6.07) is 14.4. The maximum Gasteiger partial charge on any atom is 0.152 e. The summed E-state index contributed by atoms with van der Waals surface area (Å²) in [5, 5.41) is 13.5. The topological polar surface area (TPSA) is 32.3 Å². The van der Waals surface area contributed by atoms with E-state index in [0.717, 1.165) is 18.5 Å². The Labute approximate surface area is 128 Å². The van der Waals surface area contributed by atoms with Gasteiger partial charge in [-0.1, -0.05) is 53.5 Å².